The number of carbonyl (C=O) groups is 2. The van der Waals surface area contributed by atoms with E-state index in [1.807, 2.05) is 0 Å². The number of ether oxygens (including phenoxy) is 1. The third-order valence-electron chi connectivity index (χ3n) is 3.67. The van der Waals surface area contributed by atoms with Crippen LogP contribution in [0.25, 0.3) is 6.08 Å². The molecule has 1 aliphatic rings. The summed E-state index contributed by atoms with van der Waals surface area (Å²) in [6.45, 7) is 3.58. The topological polar surface area (TPSA) is 103 Å². The quantitative estimate of drug-likeness (QED) is 0.431. The summed E-state index contributed by atoms with van der Waals surface area (Å²) in [5.41, 5.74) is 0.626. The van der Waals surface area contributed by atoms with Crippen LogP contribution in [0.1, 0.15) is 19.4 Å². The monoisotopic (exact) mass is 385 g/mol. The molecule has 1 saturated heterocycles. The Kier molecular flexibility index (Phi) is 5.22. The highest BCUT2D eigenvalue weighted by Crippen LogP contribution is 2.33. The fourth-order valence-electron chi connectivity index (χ4n) is 2.37. The molecule has 1 aromatic heterocycles. The zero-order chi connectivity index (χ0) is 19.6. The number of rotatable bonds is 5. The first-order chi connectivity index (χ1) is 12.8. The molecule has 0 N–H and O–H groups in total. The van der Waals surface area contributed by atoms with E-state index in [2.05, 4.69) is 4.98 Å². The van der Waals surface area contributed by atoms with Crippen LogP contribution < -0.4 is 4.74 Å². The lowest BCUT2D eigenvalue weighted by Gasteiger charge is -2.16. The van der Waals surface area contributed by atoms with Crippen molar-refractivity contribution in [1.29, 1.82) is 0 Å². The van der Waals surface area contributed by atoms with E-state index in [0.29, 0.717) is 10.7 Å². The van der Waals surface area contributed by atoms with Gasteiger partial charge in [-0.2, -0.15) is 0 Å². The number of imide groups is 1. The van der Waals surface area contributed by atoms with E-state index in [4.69, 9.17) is 4.74 Å². The van der Waals surface area contributed by atoms with Gasteiger partial charge in [0.2, 0.25) is 5.88 Å². The van der Waals surface area contributed by atoms with Crippen molar-refractivity contribution in [3.63, 3.8) is 0 Å². The predicted molar refractivity (Wildman–Crippen MR) is 100 cm³/mol. The van der Waals surface area contributed by atoms with Crippen LogP contribution in [0.4, 0.5) is 10.5 Å². The molecule has 1 aromatic carbocycles. The van der Waals surface area contributed by atoms with Gasteiger partial charge in [-0.3, -0.25) is 24.6 Å². The minimum Gasteiger partial charge on any atom is -0.439 e. The highest BCUT2D eigenvalue weighted by atomic mass is 32.2. The normalized spacial score (nSPS) is 15.7. The highest BCUT2D eigenvalue weighted by Gasteiger charge is 2.36. The molecule has 2 heterocycles. The zero-order valence-electron chi connectivity index (χ0n) is 14.5. The molecule has 0 atom stereocenters. The van der Waals surface area contributed by atoms with Crippen LogP contribution in [-0.2, 0) is 4.79 Å². The van der Waals surface area contributed by atoms with Crippen LogP contribution in [0.2, 0.25) is 0 Å². The van der Waals surface area contributed by atoms with Crippen molar-refractivity contribution in [2.45, 2.75) is 19.9 Å². The molecule has 27 heavy (non-hydrogen) atoms. The second kappa shape index (κ2) is 7.58. The Morgan fingerprint density at radius 1 is 1.19 bits per heavy atom. The molecule has 138 valence electrons. The zero-order valence-corrected chi connectivity index (χ0v) is 15.3. The Hall–Kier alpha value is -3.20. The average molecular weight is 385 g/mol. The summed E-state index contributed by atoms with van der Waals surface area (Å²) in [7, 11) is 0. The molecule has 0 radical (unpaired) electrons. The summed E-state index contributed by atoms with van der Waals surface area (Å²) >= 11 is 0.918. The number of amides is 2. The van der Waals surface area contributed by atoms with Gasteiger partial charge < -0.3 is 4.74 Å². The third kappa shape index (κ3) is 4.14. The number of nitro groups is 1. The smallest absolute Gasteiger partial charge is 0.293 e. The number of hydrogen-bond donors (Lipinski definition) is 0. The van der Waals surface area contributed by atoms with Gasteiger partial charge in [-0.05, 0) is 49.4 Å². The summed E-state index contributed by atoms with van der Waals surface area (Å²) in [4.78, 5) is 39.8. The van der Waals surface area contributed by atoms with Crippen LogP contribution in [-0.4, -0.2) is 32.0 Å². The molecule has 3 rings (SSSR count). The first-order valence-electron chi connectivity index (χ1n) is 8.00. The molecule has 0 aliphatic carbocycles. The average Bonchev–Trinajstić information content (AvgIpc) is 2.90. The second-order valence-electron chi connectivity index (χ2n) is 5.93. The number of carbonyl (C=O) groups excluding carboxylic acids is 2. The van der Waals surface area contributed by atoms with Gasteiger partial charge in [-0.15, -0.1) is 0 Å². The molecular formula is C18H15N3O5S. The summed E-state index contributed by atoms with van der Waals surface area (Å²) in [5.74, 6) is 0.422. The SMILES string of the molecule is CC(C)N1C(=O)S/C(=C/c2ccc(Oc3ccc([N+](=O)[O-])cn3)cc2)C1=O. The number of pyridine rings is 1. The molecule has 1 fully saturated rings. The van der Waals surface area contributed by atoms with Gasteiger partial charge >= 0.3 is 0 Å². The molecular weight excluding hydrogens is 370 g/mol. The van der Waals surface area contributed by atoms with E-state index in [1.54, 1.807) is 44.2 Å². The number of thioether (sulfide) groups is 1. The number of nitrogens with zero attached hydrogens (tertiary/aromatic N) is 3. The molecule has 2 amide bonds. The van der Waals surface area contributed by atoms with Gasteiger partial charge in [0.1, 0.15) is 11.9 Å². The van der Waals surface area contributed by atoms with Crippen molar-refractivity contribution in [3.05, 3.63) is 63.2 Å². The van der Waals surface area contributed by atoms with Crippen molar-refractivity contribution in [3.8, 4) is 11.6 Å². The molecule has 0 unspecified atom stereocenters. The number of benzene rings is 1. The largest absolute Gasteiger partial charge is 0.439 e. The van der Waals surface area contributed by atoms with Gasteiger partial charge in [0, 0.05) is 18.2 Å². The first kappa shape index (κ1) is 18.6. The van der Waals surface area contributed by atoms with Crippen LogP contribution in [0.5, 0.6) is 11.6 Å². The molecule has 2 aromatic rings. The van der Waals surface area contributed by atoms with E-state index < -0.39 is 4.92 Å². The van der Waals surface area contributed by atoms with Gasteiger partial charge in [-0.25, -0.2) is 4.98 Å². The highest BCUT2D eigenvalue weighted by molar-refractivity contribution is 8.18. The fraction of sp³-hybridized carbons (Fsp3) is 0.167. The lowest BCUT2D eigenvalue weighted by molar-refractivity contribution is -0.385. The van der Waals surface area contributed by atoms with Crippen molar-refractivity contribution in [1.82, 2.24) is 9.88 Å². The Morgan fingerprint density at radius 2 is 1.89 bits per heavy atom. The fourth-order valence-corrected chi connectivity index (χ4v) is 3.33. The Balaban J connectivity index is 1.71. The Labute approximate surface area is 159 Å². The van der Waals surface area contributed by atoms with E-state index in [0.717, 1.165) is 23.5 Å². The maximum atomic E-state index is 12.3. The summed E-state index contributed by atoms with van der Waals surface area (Å²) < 4.78 is 5.54. The Morgan fingerprint density at radius 3 is 2.41 bits per heavy atom. The number of aromatic nitrogens is 1. The number of hydrogen-bond acceptors (Lipinski definition) is 7. The van der Waals surface area contributed by atoms with Crippen LogP contribution in [0, 0.1) is 10.1 Å². The van der Waals surface area contributed by atoms with Crippen LogP contribution >= 0.6 is 11.8 Å². The maximum absolute atomic E-state index is 12.3. The van der Waals surface area contributed by atoms with Crippen LogP contribution in [0.15, 0.2) is 47.5 Å². The maximum Gasteiger partial charge on any atom is 0.293 e. The molecule has 8 nitrogen and oxygen atoms in total. The van der Waals surface area contributed by atoms with Crippen molar-refractivity contribution < 1.29 is 19.2 Å². The second-order valence-corrected chi connectivity index (χ2v) is 6.92. The van der Waals surface area contributed by atoms with Gasteiger partial charge in [0.05, 0.1) is 9.83 Å². The lowest BCUT2D eigenvalue weighted by atomic mass is 10.2. The Bertz CT molecular complexity index is 923. The molecule has 0 spiro atoms. The van der Waals surface area contributed by atoms with Crippen LogP contribution in [0.3, 0.4) is 0 Å². The van der Waals surface area contributed by atoms with Crippen molar-refractivity contribution in [2.75, 3.05) is 0 Å². The molecule has 0 bridgehead atoms. The third-order valence-corrected chi connectivity index (χ3v) is 4.56. The van der Waals surface area contributed by atoms with Crippen molar-refractivity contribution >= 4 is 34.7 Å². The summed E-state index contributed by atoms with van der Waals surface area (Å²) in [5, 5.41) is 10.3. The van der Waals surface area contributed by atoms with E-state index in [9.17, 15) is 19.7 Å². The first-order valence-corrected chi connectivity index (χ1v) is 8.82. The lowest BCUT2D eigenvalue weighted by Crippen LogP contribution is -2.34. The summed E-state index contributed by atoms with van der Waals surface area (Å²) in [6, 6.07) is 9.38. The van der Waals surface area contributed by atoms with E-state index in [1.165, 1.54) is 17.0 Å². The standard InChI is InChI=1S/C18H15N3O5S/c1-11(2)20-17(22)15(27-18(20)23)9-12-3-6-14(7-4-12)26-16-8-5-13(10-19-16)21(24)25/h3-11H,1-2H3/b15-9+. The van der Waals surface area contributed by atoms with E-state index in [-0.39, 0.29) is 28.8 Å². The minimum absolute atomic E-state index is 0.118. The molecule has 1 aliphatic heterocycles. The molecule has 9 heteroatoms. The minimum atomic E-state index is -0.535. The van der Waals surface area contributed by atoms with Gasteiger partial charge in [0.25, 0.3) is 16.8 Å². The van der Waals surface area contributed by atoms with Crippen molar-refractivity contribution in [2.24, 2.45) is 0 Å². The summed E-state index contributed by atoms with van der Waals surface area (Å²) in [6.07, 6.45) is 2.77. The van der Waals surface area contributed by atoms with Gasteiger partial charge in [-0.1, -0.05) is 12.1 Å². The predicted octanol–water partition coefficient (Wildman–Crippen LogP) is 4.23. The molecule has 0 saturated carbocycles. The van der Waals surface area contributed by atoms with E-state index >= 15 is 0 Å². The van der Waals surface area contributed by atoms with Gasteiger partial charge in [0.15, 0.2) is 0 Å².